The van der Waals surface area contributed by atoms with E-state index in [1.807, 2.05) is 0 Å². The molecule has 74 valence electrons. The molecule has 0 spiro atoms. The minimum Gasteiger partial charge on any atom is -0.379 e. The van der Waals surface area contributed by atoms with E-state index in [1.165, 1.54) is 32.2 Å². The molecule has 2 rings (SSSR count). The molecule has 0 bridgehead atoms. The Labute approximate surface area is 83.6 Å². The van der Waals surface area contributed by atoms with Crippen LogP contribution in [0.4, 0.5) is 0 Å². The van der Waals surface area contributed by atoms with Gasteiger partial charge in [-0.3, -0.25) is 4.99 Å². The Kier molecular flexibility index (Phi) is 3.11. The zero-order valence-corrected chi connectivity index (χ0v) is 8.65. The predicted octanol–water partition coefficient (Wildman–Crippen LogP) is 0.949. The molecule has 4 heteroatoms. The third-order valence-electron chi connectivity index (χ3n) is 2.70. The van der Waals surface area contributed by atoms with Gasteiger partial charge in [-0.25, -0.2) is 0 Å². The molecule has 2 atom stereocenters. The number of hydrogen-bond donors (Lipinski definition) is 2. The maximum absolute atomic E-state index is 5.62. The lowest BCUT2D eigenvalue weighted by molar-refractivity contribution is 0.368. The molecular weight excluding hydrogens is 182 g/mol. The smallest absolute Gasteiger partial charge is 0.154 e. The van der Waals surface area contributed by atoms with Gasteiger partial charge in [-0.15, -0.1) is 0 Å². The number of nitrogens with two attached hydrogens (primary N) is 1. The van der Waals surface area contributed by atoms with Crippen LogP contribution in [-0.4, -0.2) is 29.5 Å². The first-order valence-electron chi connectivity index (χ1n) is 5.04. The molecule has 0 aromatic rings. The first-order chi connectivity index (χ1) is 6.34. The van der Waals surface area contributed by atoms with E-state index in [0.29, 0.717) is 12.1 Å². The first-order valence-corrected chi connectivity index (χ1v) is 6.02. The summed E-state index contributed by atoms with van der Waals surface area (Å²) in [6.07, 6.45) is 5.20. The van der Waals surface area contributed by atoms with Gasteiger partial charge in [0.25, 0.3) is 0 Å². The molecule has 0 saturated carbocycles. The fraction of sp³-hybridized carbons (Fsp3) is 0.889. The summed E-state index contributed by atoms with van der Waals surface area (Å²) in [7, 11) is 0. The summed E-state index contributed by atoms with van der Waals surface area (Å²) in [6.45, 7) is 1.18. The molecule has 0 aliphatic carbocycles. The Hall–Kier alpha value is -0.220. The molecule has 0 amide bonds. The van der Waals surface area contributed by atoms with E-state index in [1.54, 1.807) is 11.8 Å². The molecule has 2 aliphatic heterocycles. The quantitative estimate of drug-likeness (QED) is 0.696. The van der Waals surface area contributed by atoms with Gasteiger partial charge >= 0.3 is 0 Å². The van der Waals surface area contributed by atoms with Crippen molar-refractivity contribution in [3.8, 4) is 0 Å². The molecule has 0 aromatic heterocycles. The molecule has 0 radical (unpaired) electrons. The van der Waals surface area contributed by atoms with Crippen molar-refractivity contribution >= 4 is 16.9 Å². The van der Waals surface area contributed by atoms with Gasteiger partial charge < -0.3 is 11.1 Å². The first kappa shape index (κ1) is 9.34. The summed E-state index contributed by atoms with van der Waals surface area (Å²) < 4.78 is 0. The summed E-state index contributed by atoms with van der Waals surface area (Å²) in [4.78, 5) is 4.40. The molecule has 1 fully saturated rings. The van der Waals surface area contributed by atoms with Crippen molar-refractivity contribution < 1.29 is 0 Å². The highest BCUT2D eigenvalue weighted by molar-refractivity contribution is 8.14. The van der Waals surface area contributed by atoms with Crippen LogP contribution in [0.25, 0.3) is 0 Å². The number of rotatable bonds is 2. The third-order valence-corrected chi connectivity index (χ3v) is 3.66. The minimum absolute atomic E-state index is 0.473. The lowest BCUT2D eigenvalue weighted by atomic mass is 9.99. The maximum atomic E-state index is 5.62. The maximum Gasteiger partial charge on any atom is 0.154 e. The zero-order chi connectivity index (χ0) is 9.10. The molecule has 3 N–H and O–H groups in total. The lowest BCUT2D eigenvalue weighted by Crippen LogP contribution is -2.36. The van der Waals surface area contributed by atoms with Crippen LogP contribution in [0.1, 0.15) is 25.7 Å². The SMILES string of the molecule is NC1=NC(CC2CCCCN2)CS1. The Bertz CT molecular complexity index is 199. The van der Waals surface area contributed by atoms with Crippen LogP contribution in [0.15, 0.2) is 4.99 Å². The van der Waals surface area contributed by atoms with E-state index in [-0.39, 0.29) is 0 Å². The van der Waals surface area contributed by atoms with Crippen LogP contribution in [0.3, 0.4) is 0 Å². The van der Waals surface area contributed by atoms with Crippen molar-refractivity contribution in [2.45, 2.75) is 37.8 Å². The minimum atomic E-state index is 0.473. The average Bonchev–Trinajstić information content (AvgIpc) is 2.53. The molecule has 3 nitrogen and oxygen atoms in total. The number of amidine groups is 1. The van der Waals surface area contributed by atoms with E-state index < -0.39 is 0 Å². The molecule has 2 heterocycles. The van der Waals surface area contributed by atoms with Crippen molar-refractivity contribution in [1.82, 2.24) is 5.32 Å². The Morgan fingerprint density at radius 1 is 1.54 bits per heavy atom. The average molecular weight is 199 g/mol. The lowest BCUT2D eigenvalue weighted by Gasteiger charge is -2.24. The van der Waals surface area contributed by atoms with Crippen LogP contribution in [0.2, 0.25) is 0 Å². The van der Waals surface area contributed by atoms with Gasteiger partial charge in [0.1, 0.15) is 0 Å². The second-order valence-electron chi connectivity index (χ2n) is 3.81. The summed E-state index contributed by atoms with van der Waals surface area (Å²) in [5.74, 6) is 1.09. The summed E-state index contributed by atoms with van der Waals surface area (Å²) >= 11 is 1.69. The Morgan fingerprint density at radius 3 is 3.08 bits per heavy atom. The molecular formula is C9H17N3S. The van der Waals surface area contributed by atoms with Gasteiger partial charge in [0.05, 0.1) is 6.04 Å². The highest BCUT2D eigenvalue weighted by atomic mass is 32.2. The third kappa shape index (κ3) is 2.61. The zero-order valence-electron chi connectivity index (χ0n) is 7.83. The number of hydrogen-bond acceptors (Lipinski definition) is 4. The van der Waals surface area contributed by atoms with E-state index >= 15 is 0 Å². The van der Waals surface area contributed by atoms with Crippen molar-refractivity contribution in [2.75, 3.05) is 12.3 Å². The fourth-order valence-electron chi connectivity index (χ4n) is 2.01. The number of nitrogens with one attached hydrogen (secondary N) is 1. The number of aliphatic imine (C=N–C) groups is 1. The molecule has 1 saturated heterocycles. The van der Waals surface area contributed by atoms with Crippen molar-refractivity contribution in [3.05, 3.63) is 0 Å². The highest BCUT2D eigenvalue weighted by Crippen LogP contribution is 2.21. The van der Waals surface area contributed by atoms with Gasteiger partial charge in [-0.05, 0) is 25.8 Å². The van der Waals surface area contributed by atoms with E-state index in [4.69, 9.17) is 5.73 Å². The van der Waals surface area contributed by atoms with E-state index in [0.717, 1.165) is 10.9 Å². The van der Waals surface area contributed by atoms with Gasteiger partial charge in [0.15, 0.2) is 5.17 Å². The highest BCUT2D eigenvalue weighted by Gasteiger charge is 2.21. The molecule has 2 unspecified atom stereocenters. The van der Waals surface area contributed by atoms with E-state index in [9.17, 15) is 0 Å². The van der Waals surface area contributed by atoms with Gasteiger partial charge in [-0.2, -0.15) is 0 Å². The van der Waals surface area contributed by atoms with Crippen LogP contribution in [-0.2, 0) is 0 Å². The van der Waals surface area contributed by atoms with Crippen LogP contribution in [0, 0.1) is 0 Å². The van der Waals surface area contributed by atoms with Crippen molar-refractivity contribution in [2.24, 2.45) is 10.7 Å². The van der Waals surface area contributed by atoms with Gasteiger partial charge in [0, 0.05) is 11.8 Å². The largest absolute Gasteiger partial charge is 0.379 e. The second kappa shape index (κ2) is 4.33. The van der Waals surface area contributed by atoms with Crippen LogP contribution >= 0.6 is 11.8 Å². The van der Waals surface area contributed by atoms with Crippen LogP contribution < -0.4 is 11.1 Å². The van der Waals surface area contributed by atoms with Gasteiger partial charge in [-0.1, -0.05) is 18.2 Å². The second-order valence-corrected chi connectivity index (χ2v) is 4.85. The number of piperidine rings is 1. The van der Waals surface area contributed by atoms with Crippen LogP contribution in [0.5, 0.6) is 0 Å². The van der Waals surface area contributed by atoms with Gasteiger partial charge in [0.2, 0.25) is 0 Å². The van der Waals surface area contributed by atoms with E-state index in [2.05, 4.69) is 10.3 Å². The topological polar surface area (TPSA) is 50.4 Å². The summed E-state index contributed by atoms with van der Waals surface area (Å²) in [5.41, 5.74) is 5.62. The summed E-state index contributed by atoms with van der Waals surface area (Å²) in [5, 5.41) is 4.32. The molecule has 0 aromatic carbocycles. The summed E-state index contributed by atoms with van der Waals surface area (Å²) in [6, 6.07) is 1.16. The van der Waals surface area contributed by atoms with Crippen molar-refractivity contribution in [3.63, 3.8) is 0 Å². The fourth-order valence-corrected chi connectivity index (χ4v) is 2.81. The number of nitrogens with zero attached hydrogens (tertiary/aromatic N) is 1. The molecule has 2 aliphatic rings. The molecule has 13 heavy (non-hydrogen) atoms. The van der Waals surface area contributed by atoms with Crippen molar-refractivity contribution in [1.29, 1.82) is 0 Å². The Balaban J connectivity index is 1.77. The number of thioether (sulfide) groups is 1. The predicted molar refractivity (Wildman–Crippen MR) is 58.1 cm³/mol. The normalized spacial score (nSPS) is 34.6. The monoisotopic (exact) mass is 199 g/mol. The standard InChI is InChI=1S/C9H17N3S/c10-9-12-8(6-13-9)5-7-3-1-2-4-11-7/h7-8,11H,1-6H2,(H2,10,12). The Morgan fingerprint density at radius 2 is 2.46 bits per heavy atom.